The summed E-state index contributed by atoms with van der Waals surface area (Å²) in [6.07, 6.45) is 7.72. The van der Waals surface area contributed by atoms with E-state index in [1.165, 1.54) is 28.0 Å². The van der Waals surface area contributed by atoms with Gasteiger partial charge in [0.15, 0.2) is 0 Å². The van der Waals surface area contributed by atoms with E-state index in [4.69, 9.17) is 4.99 Å². The van der Waals surface area contributed by atoms with E-state index in [2.05, 4.69) is 79.9 Å². The Hall–Kier alpha value is -2.61. The van der Waals surface area contributed by atoms with Crippen LogP contribution in [0.4, 0.5) is 11.4 Å². The second kappa shape index (κ2) is 4.70. The number of anilines is 1. The predicted molar refractivity (Wildman–Crippen MR) is 101 cm³/mol. The molecule has 0 saturated carbocycles. The van der Waals surface area contributed by atoms with Crippen molar-refractivity contribution in [1.29, 1.82) is 0 Å². The average Bonchev–Trinajstić information content (AvgIpc) is 3.10. The minimum absolute atomic E-state index is 0.101. The zero-order valence-electron chi connectivity index (χ0n) is 14.0. The van der Waals surface area contributed by atoms with Crippen LogP contribution < -0.4 is 5.32 Å². The van der Waals surface area contributed by atoms with E-state index in [-0.39, 0.29) is 5.41 Å². The summed E-state index contributed by atoms with van der Waals surface area (Å²) in [7, 11) is 0. The van der Waals surface area contributed by atoms with Crippen molar-refractivity contribution in [2.75, 3.05) is 5.32 Å². The summed E-state index contributed by atoms with van der Waals surface area (Å²) in [5.41, 5.74) is 8.77. The van der Waals surface area contributed by atoms with Gasteiger partial charge in [-0.1, -0.05) is 54.6 Å². The first kappa shape index (κ1) is 13.8. The highest BCUT2D eigenvalue weighted by Crippen LogP contribution is 2.51. The zero-order chi connectivity index (χ0) is 16.3. The first-order valence-corrected chi connectivity index (χ1v) is 8.62. The molecular formula is C22H20N2. The molecule has 1 atom stereocenters. The molecule has 2 heterocycles. The van der Waals surface area contributed by atoms with Crippen LogP contribution in [0.3, 0.4) is 0 Å². The third kappa shape index (κ3) is 1.74. The minimum Gasteiger partial charge on any atom is -0.377 e. The molecule has 118 valence electrons. The first-order chi connectivity index (χ1) is 11.7. The summed E-state index contributed by atoms with van der Waals surface area (Å²) >= 11 is 0. The fourth-order valence-electron chi connectivity index (χ4n) is 4.33. The topological polar surface area (TPSA) is 24.4 Å². The number of hydrogen-bond acceptors (Lipinski definition) is 2. The summed E-state index contributed by atoms with van der Waals surface area (Å²) < 4.78 is 0. The number of allylic oxidation sites excluding steroid dienone is 2. The molecule has 0 amide bonds. The zero-order valence-corrected chi connectivity index (χ0v) is 14.0. The number of hydrogen-bond donors (Lipinski definition) is 1. The lowest BCUT2D eigenvalue weighted by atomic mass is 9.77. The van der Waals surface area contributed by atoms with Crippen molar-refractivity contribution >= 4 is 22.7 Å². The van der Waals surface area contributed by atoms with Gasteiger partial charge in [-0.2, -0.15) is 0 Å². The van der Waals surface area contributed by atoms with Gasteiger partial charge in [0.25, 0.3) is 0 Å². The molecular weight excluding hydrogens is 292 g/mol. The maximum Gasteiger partial charge on any atom is 0.0696 e. The summed E-state index contributed by atoms with van der Waals surface area (Å²) in [4.78, 5) is 5.01. The summed E-state index contributed by atoms with van der Waals surface area (Å²) in [5.74, 6) is 0. The second-order valence-electron chi connectivity index (χ2n) is 7.32. The van der Waals surface area contributed by atoms with Crippen molar-refractivity contribution in [2.45, 2.75) is 31.7 Å². The van der Waals surface area contributed by atoms with Gasteiger partial charge in [-0.3, -0.25) is 4.99 Å². The molecule has 0 saturated heterocycles. The number of benzene rings is 2. The second-order valence-corrected chi connectivity index (χ2v) is 7.32. The molecule has 24 heavy (non-hydrogen) atoms. The smallest absolute Gasteiger partial charge is 0.0696 e. The van der Waals surface area contributed by atoms with Crippen LogP contribution in [0.15, 0.2) is 65.7 Å². The summed E-state index contributed by atoms with van der Waals surface area (Å²) in [6.45, 7) is 4.59. The van der Waals surface area contributed by atoms with Crippen LogP contribution in [0, 0.1) is 0 Å². The molecule has 0 spiro atoms. The molecule has 0 fully saturated rings. The van der Waals surface area contributed by atoms with E-state index in [0.717, 1.165) is 17.8 Å². The van der Waals surface area contributed by atoms with Crippen LogP contribution in [0.5, 0.6) is 0 Å². The lowest BCUT2D eigenvalue weighted by Crippen LogP contribution is -2.27. The lowest BCUT2D eigenvalue weighted by molar-refractivity contribution is 0.738. The fraction of sp³-hybridized carbons (Fsp3) is 0.227. The highest BCUT2D eigenvalue weighted by atomic mass is 15.0. The van der Waals surface area contributed by atoms with E-state index in [0.29, 0.717) is 6.04 Å². The van der Waals surface area contributed by atoms with Gasteiger partial charge in [0.2, 0.25) is 0 Å². The Bertz CT molecular complexity index is 930. The maximum atomic E-state index is 5.01. The maximum absolute atomic E-state index is 5.01. The Kier molecular flexibility index (Phi) is 2.70. The van der Waals surface area contributed by atoms with E-state index >= 15 is 0 Å². The molecule has 2 heteroatoms. The number of fused-ring (bicyclic) bond motifs is 5. The SMILES string of the molecule is CC1(C)C(c2ccccc2)=Nc2ccc3c(c21)NC1CC=CC=C31. The van der Waals surface area contributed by atoms with Crippen molar-refractivity contribution in [3.05, 3.63) is 77.4 Å². The van der Waals surface area contributed by atoms with Gasteiger partial charge >= 0.3 is 0 Å². The molecule has 2 nitrogen and oxygen atoms in total. The van der Waals surface area contributed by atoms with E-state index in [9.17, 15) is 0 Å². The third-order valence-corrected chi connectivity index (χ3v) is 5.47. The molecule has 0 bridgehead atoms. The van der Waals surface area contributed by atoms with Crippen molar-refractivity contribution < 1.29 is 0 Å². The molecule has 2 aromatic rings. The molecule has 2 aliphatic heterocycles. The number of aliphatic imine (C=N–C) groups is 1. The quantitative estimate of drug-likeness (QED) is 0.765. The van der Waals surface area contributed by atoms with E-state index < -0.39 is 0 Å². The summed E-state index contributed by atoms with van der Waals surface area (Å²) in [6, 6.07) is 15.4. The molecule has 0 radical (unpaired) electrons. The monoisotopic (exact) mass is 312 g/mol. The van der Waals surface area contributed by atoms with Crippen molar-refractivity contribution in [2.24, 2.45) is 4.99 Å². The number of rotatable bonds is 1. The minimum atomic E-state index is -0.101. The third-order valence-electron chi connectivity index (χ3n) is 5.47. The molecule has 1 unspecified atom stereocenters. The number of nitrogens with one attached hydrogen (secondary N) is 1. The van der Waals surface area contributed by atoms with Gasteiger partial charge in [0.1, 0.15) is 0 Å². The highest BCUT2D eigenvalue weighted by molar-refractivity contribution is 6.14. The van der Waals surface area contributed by atoms with Crippen LogP contribution in [-0.4, -0.2) is 11.8 Å². The Balaban J connectivity index is 1.68. The van der Waals surface area contributed by atoms with Crippen LogP contribution in [0.2, 0.25) is 0 Å². The standard InChI is InChI=1S/C22H20N2/c1-22(2)19-18(24-21(22)14-8-4-3-5-9-14)13-12-16-15-10-6-7-11-17(15)23-20(16)19/h3-10,12-13,17,23H,11H2,1-2H3. The fourth-order valence-corrected chi connectivity index (χ4v) is 4.33. The lowest BCUT2D eigenvalue weighted by Gasteiger charge is -2.25. The summed E-state index contributed by atoms with van der Waals surface area (Å²) in [5, 5.41) is 3.77. The molecule has 1 N–H and O–H groups in total. The van der Waals surface area contributed by atoms with E-state index in [1.807, 2.05) is 0 Å². The van der Waals surface area contributed by atoms with Crippen LogP contribution in [0.25, 0.3) is 5.57 Å². The Morgan fingerprint density at radius 1 is 1.08 bits per heavy atom. The van der Waals surface area contributed by atoms with Crippen LogP contribution in [-0.2, 0) is 5.41 Å². The molecule has 1 aliphatic carbocycles. The molecule has 5 rings (SSSR count). The van der Waals surface area contributed by atoms with Crippen molar-refractivity contribution in [1.82, 2.24) is 0 Å². The Labute approximate surface area is 142 Å². The van der Waals surface area contributed by atoms with Gasteiger partial charge in [-0.15, -0.1) is 0 Å². The molecule has 2 aromatic carbocycles. The largest absolute Gasteiger partial charge is 0.377 e. The van der Waals surface area contributed by atoms with E-state index in [1.54, 1.807) is 0 Å². The van der Waals surface area contributed by atoms with Gasteiger partial charge in [-0.05, 0) is 37.5 Å². The van der Waals surface area contributed by atoms with Crippen LogP contribution >= 0.6 is 0 Å². The van der Waals surface area contributed by atoms with Gasteiger partial charge < -0.3 is 5.32 Å². The average molecular weight is 312 g/mol. The Morgan fingerprint density at radius 2 is 1.92 bits per heavy atom. The van der Waals surface area contributed by atoms with Gasteiger partial charge in [0, 0.05) is 22.2 Å². The highest BCUT2D eigenvalue weighted by Gasteiger charge is 2.41. The van der Waals surface area contributed by atoms with Crippen molar-refractivity contribution in [3.63, 3.8) is 0 Å². The van der Waals surface area contributed by atoms with Gasteiger partial charge in [-0.25, -0.2) is 0 Å². The van der Waals surface area contributed by atoms with Gasteiger partial charge in [0.05, 0.1) is 17.4 Å². The first-order valence-electron chi connectivity index (χ1n) is 8.62. The van der Waals surface area contributed by atoms with Crippen molar-refractivity contribution in [3.8, 4) is 0 Å². The number of nitrogens with zero attached hydrogens (tertiary/aromatic N) is 1. The normalized spacial score (nSPS) is 22.2. The Morgan fingerprint density at radius 3 is 2.75 bits per heavy atom. The molecule has 3 aliphatic rings. The van der Waals surface area contributed by atoms with Crippen LogP contribution in [0.1, 0.15) is 37.0 Å². The predicted octanol–water partition coefficient (Wildman–Crippen LogP) is 5.24. The molecule has 0 aromatic heterocycles.